The number of hydrogen-bond donors (Lipinski definition) is 2. The molecule has 3 heteroatoms. The molecule has 2 rings (SSSR count). The van der Waals surface area contributed by atoms with Crippen molar-refractivity contribution in [3.05, 3.63) is 0 Å². The Hall–Kier alpha value is -0.570. The summed E-state index contributed by atoms with van der Waals surface area (Å²) in [7, 11) is 0. The largest absolute Gasteiger partial charge is 0.353 e. The first kappa shape index (κ1) is 13.9. The van der Waals surface area contributed by atoms with Gasteiger partial charge in [0.1, 0.15) is 0 Å². The standard InChI is InChI=1S/C15H28N2O/c1-15(2)8-7-13(9-15)17-14(18)12-5-3-11(10-16)4-6-12/h11-13H,3-10,16H2,1-2H3,(H,17,18). The maximum Gasteiger partial charge on any atom is 0.223 e. The van der Waals surface area contributed by atoms with Crippen LogP contribution in [-0.2, 0) is 4.79 Å². The molecule has 0 bridgehead atoms. The van der Waals surface area contributed by atoms with E-state index in [9.17, 15) is 4.79 Å². The van der Waals surface area contributed by atoms with Gasteiger partial charge in [-0.05, 0) is 62.8 Å². The number of carbonyl (C=O) groups is 1. The average molecular weight is 252 g/mol. The SMILES string of the molecule is CC1(C)CCC(NC(=O)C2CCC(CN)CC2)C1. The third-order valence-electron chi connectivity index (χ3n) is 4.87. The van der Waals surface area contributed by atoms with E-state index in [1.807, 2.05) is 0 Å². The maximum absolute atomic E-state index is 12.2. The summed E-state index contributed by atoms with van der Waals surface area (Å²) in [6.07, 6.45) is 7.84. The molecular weight excluding hydrogens is 224 g/mol. The van der Waals surface area contributed by atoms with E-state index in [1.165, 1.54) is 6.42 Å². The minimum Gasteiger partial charge on any atom is -0.353 e. The normalized spacial score (nSPS) is 35.4. The molecule has 2 saturated carbocycles. The Balaban J connectivity index is 1.76. The number of carbonyl (C=O) groups excluding carboxylic acids is 1. The molecule has 0 spiro atoms. The average Bonchev–Trinajstić information content (AvgIpc) is 2.68. The summed E-state index contributed by atoms with van der Waals surface area (Å²) in [6, 6.07) is 0.416. The topological polar surface area (TPSA) is 55.1 Å². The quantitative estimate of drug-likeness (QED) is 0.810. The summed E-state index contributed by atoms with van der Waals surface area (Å²) in [4.78, 5) is 12.2. The maximum atomic E-state index is 12.2. The second kappa shape index (κ2) is 5.60. The summed E-state index contributed by atoms with van der Waals surface area (Å²) in [5, 5.41) is 3.27. The number of hydrogen-bond acceptors (Lipinski definition) is 2. The number of amides is 1. The van der Waals surface area contributed by atoms with Gasteiger partial charge in [0.2, 0.25) is 5.91 Å². The summed E-state index contributed by atoms with van der Waals surface area (Å²) in [5.41, 5.74) is 6.10. The highest BCUT2D eigenvalue weighted by Crippen LogP contribution is 2.37. The van der Waals surface area contributed by atoms with E-state index in [2.05, 4.69) is 19.2 Å². The summed E-state index contributed by atoms with van der Waals surface area (Å²) in [6.45, 7) is 5.38. The fourth-order valence-electron chi connectivity index (χ4n) is 3.54. The van der Waals surface area contributed by atoms with E-state index in [0.29, 0.717) is 23.3 Å². The van der Waals surface area contributed by atoms with Gasteiger partial charge in [0.15, 0.2) is 0 Å². The van der Waals surface area contributed by atoms with Crippen LogP contribution in [0, 0.1) is 17.3 Å². The molecule has 1 amide bonds. The molecule has 1 unspecified atom stereocenters. The van der Waals surface area contributed by atoms with Crippen LogP contribution in [0.25, 0.3) is 0 Å². The molecule has 0 heterocycles. The zero-order valence-electron chi connectivity index (χ0n) is 11.9. The van der Waals surface area contributed by atoms with E-state index in [4.69, 9.17) is 5.73 Å². The molecule has 0 radical (unpaired) electrons. The first-order valence-electron chi connectivity index (χ1n) is 7.50. The van der Waals surface area contributed by atoms with Crippen molar-refractivity contribution in [2.24, 2.45) is 23.0 Å². The first-order chi connectivity index (χ1) is 8.50. The van der Waals surface area contributed by atoms with Crippen LogP contribution < -0.4 is 11.1 Å². The zero-order valence-corrected chi connectivity index (χ0v) is 11.9. The number of nitrogens with one attached hydrogen (secondary N) is 1. The van der Waals surface area contributed by atoms with Gasteiger partial charge in [-0.25, -0.2) is 0 Å². The van der Waals surface area contributed by atoms with E-state index in [1.54, 1.807) is 0 Å². The lowest BCUT2D eigenvalue weighted by atomic mass is 9.81. The van der Waals surface area contributed by atoms with Crippen LogP contribution in [0.3, 0.4) is 0 Å². The summed E-state index contributed by atoms with van der Waals surface area (Å²) < 4.78 is 0. The van der Waals surface area contributed by atoms with Crippen LogP contribution in [0.2, 0.25) is 0 Å². The highest BCUT2D eigenvalue weighted by atomic mass is 16.1. The van der Waals surface area contributed by atoms with Gasteiger partial charge in [-0.3, -0.25) is 4.79 Å². The van der Waals surface area contributed by atoms with E-state index >= 15 is 0 Å². The van der Waals surface area contributed by atoms with Crippen LogP contribution in [0.4, 0.5) is 0 Å². The molecule has 104 valence electrons. The Morgan fingerprint density at radius 1 is 1.22 bits per heavy atom. The molecule has 3 nitrogen and oxygen atoms in total. The molecule has 2 aliphatic carbocycles. The molecule has 0 aromatic heterocycles. The molecule has 0 aromatic rings. The van der Waals surface area contributed by atoms with Gasteiger partial charge >= 0.3 is 0 Å². The van der Waals surface area contributed by atoms with Crippen LogP contribution in [0.15, 0.2) is 0 Å². The van der Waals surface area contributed by atoms with Gasteiger partial charge in [0.05, 0.1) is 0 Å². The van der Waals surface area contributed by atoms with Crippen LogP contribution in [0.1, 0.15) is 58.8 Å². The van der Waals surface area contributed by atoms with Gasteiger partial charge in [-0.15, -0.1) is 0 Å². The van der Waals surface area contributed by atoms with Crippen molar-refractivity contribution in [3.63, 3.8) is 0 Å². The molecule has 18 heavy (non-hydrogen) atoms. The lowest BCUT2D eigenvalue weighted by Gasteiger charge is -2.28. The van der Waals surface area contributed by atoms with Crippen molar-refractivity contribution in [2.75, 3.05) is 6.54 Å². The smallest absolute Gasteiger partial charge is 0.223 e. The molecule has 0 aliphatic heterocycles. The minimum absolute atomic E-state index is 0.247. The van der Waals surface area contributed by atoms with Crippen molar-refractivity contribution < 1.29 is 4.79 Å². The van der Waals surface area contributed by atoms with E-state index in [0.717, 1.165) is 45.1 Å². The monoisotopic (exact) mass is 252 g/mol. The lowest BCUT2D eigenvalue weighted by Crippen LogP contribution is -2.39. The summed E-state index contributed by atoms with van der Waals surface area (Å²) in [5.74, 6) is 1.20. The number of rotatable bonds is 3. The second-order valence-electron chi connectivity index (χ2n) is 7.07. The van der Waals surface area contributed by atoms with Gasteiger partial charge < -0.3 is 11.1 Å². The molecule has 2 aliphatic rings. The molecule has 0 saturated heterocycles. The predicted molar refractivity (Wildman–Crippen MR) is 74.1 cm³/mol. The van der Waals surface area contributed by atoms with Gasteiger partial charge in [-0.2, -0.15) is 0 Å². The van der Waals surface area contributed by atoms with E-state index in [-0.39, 0.29) is 5.92 Å². The molecule has 0 aromatic carbocycles. The van der Waals surface area contributed by atoms with Crippen molar-refractivity contribution in [1.82, 2.24) is 5.32 Å². The molecule has 3 N–H and O–H groups in total. The van der Waals surface area contributed by atoms with Gasteiger partial charge in [0.25, 0.3) is 0 Å². The minimum atomic E-state index is 0.247. The third kappa shape index (κ3) is 3.47. The summed E-state index contributed by atoms with van der Waals surface area (Å²) >= 11 is 0. The fraction of sp³-hybridized carbons (Fsp3) is 0.933. The molecular formula is C15H28N2O. The molecule has 1 atom stereocenters. The molecule has 2 fully saturated rings. The third-order valence-corrected chi connectivity index (χ3v) is 4.87. The predicted octanol–water partition coefficient (Wildman–Crippen LogP) is 2.45. The first-order valence-corrected chi connectivity index (χ1v) is 7.50. The zero-order chi connectivity index (χ0) is 13.2. The lowest BCUT2D eigenvalue weighted by molar-refractivity contribution is -0.126. The highest BCUT2D eigenvalue weighted by molar-refractivity contribution is 5.79. The fourth-order valence-corrected chi connectivity index (χ4v) is 3.54. The number of nitrogens with two attached hydrogens (primary N) is 1. The Morgan fingerprint density at radius 2 is 1.89 bits per heavy atom. The van der Waals surface area contributed by atoms with Crippen molar-refractivity contribution in [2.45, 2.75) is 64.8 Å². The van der Waals surface area contributed by atoms with E-state index < -0.39 is 0 Å². The Bertz CT molecular complexity index is 293. The van der Waals surface area contributed by atoms with Crippen LogP contribution in [-0.4, -0.2) is 18.5 Å². The van der Waals surface area contributed by atoms with Gasteiger partial charge in [0, 0.05) is 12.0 Å². The Morgan fingerprint density at radius 3 is 2.39 bits per heavy atom. The Labute approximate surface area is 111 Å². The van der Waals surface area contributed by atoms with Crippen molar-refractivity contribution in [3.8, 4) is 0 Å². The highest BCUT2D eigenvalue weighted by Gasteiger charge is 2.33. The van der Waals surface area contributed by atoms with Crippen molar-refractivity contribution in [1.29, 1.82) is 0 Å². The van der Waals surface area contributed by atoms with Crippen LogP contribution >= 0.6 is 0 Å². The van der Waals surface area contributed by atoms with Crippen molar-refractivity contribution >= 4 is 5.91 Å². The second-order valence-corrected chi connectivity index (χ2v) is 7.07. The van der Waals surface area contributed by atoms with Crippen LogP contribution in [0.5, 0.6) is 0 Å². The Kier molecular flexibility index (Phi) is 4.31. The van der Waals surface area contributed by atoms with Gasteiger partial charge in [-0.1, -0.05) is 13.8 Å².